The second-order valence-corrected chi connectivity index (χ2v) is 13.2. The zero-order chi connectivity index (χ0) is 27.5. The lowest BCUT2D eigenvalue weighted by Crippen LogP contribution is -2.44. The van der Waals surface area contributed by atoms with E-state index in [0.717, 1.165) is 25.1 Å². The van der Waals surface area contributed by atoms with Crippen molar-refractivity contribution in [3.05, 3.63) is 35.5 Å². The van der Waals surface area contributed by atoms with Crippen molar-refractivity contribution >= 4 is 15.9 Å². The van der Waals surface area contributed by atoms with Gasteiger partial charge in [0.15, 0.2) is 0 Å². The molecule has 1 aromatic carbocycles. The van der Waals surface area contributed by atoms with Crippen molar-refractivity contribution in [2.75, 3.05) is 60.6 Å². The molecule has 8 nitrogen and oxygen atoms in total. The number of ether oxygens (including phenoxy) is 2. The van der Waals surface area contributed by atoms with E-state index >= 15 is 0 Å². The van der Waals surface area contributed by atoms with E-state index in [2.05, 4.69) is 25.3 Å². The van der Waals surface area contributed by atoms with Gasteiger partial charge in [-0.3, -0.25) is 4.79 Å². The molecular formula is C28H45N3O5S. The standard InChI is InChI=1S/C28H45N3O5S/c1-20-16-24(35-8)17-21(2)27(20)37(33,34)29(6)14-15-36-19-26(32)30(7)22(3)25-11-10-23(28(25,4)5)18-31-12-9-13-31/h16-17,23,25H,3,9-15,18-19H2,1-2,4-8H3/t23-,25-/m1/s1. The number of carbonyl (C=O) groups is 1. The van der Waals surface area contributed by atoms with Gasteiger partial charge in [0.05, 0.1) is 18.6 Å². The first-order valence-electron chi connectivity index (χ1n) is 13.2. The topological polar surface area (TPSA) is 79.4 Å². The van der Waals surface area contributed by atoms with Gasteiger partial charge in [-0.2, -0.15) is 4.31 Å². The third-order valence-electron chi connectivity index (χ3n) is 8.50. The minimum absolute atomic E-state index is 0.0802. The summed E-state index contributed by atoms with van der Waals surface area (Å²) in [4.78, 5) is 17.3. The van der Waals surface area contributed by atoms with E-state index < -0.39 is 10.0 Å². The lowest BCUT2D eigenvalue weighted by Gasteiger charge is -2.41. The van der Waals surface area contributed by atoms with Gasteiger partial charge in [0.1, 0.15) is 12.4 Å². The normalized spacial score (nSPS) is 21.6. The molecule has 0 spiro atoms. The molecule has 1 saturated carbocycles. The molecule has 1 aliphatic heterocycles. The van der Waals surface area contributed by atoms with Crippen LogP contribution in [0.3, 0.4) is 0 Å². The monoisotopic (exact) mass is 535 g/mol. The van der Waals surface area contributed by atoms with Gasteiger partial charge in [-0.05, 0) is 80.8 Å². The van der Waals surface area contributed by atoms with Crippen LogP contribution < -0.4 is 4.74 Å². The zero-order valence-electron chi connectivity index (χ0n) is 23.7. The Labute approximate surface area is 223 Å². The van der Waals surface area contributed by atoms with Gasteiger partial charge in [-0.25, -0.2) is 8.42 Å². The fourth-order valence-corrected chi connectivity index (χ4v) is 7.31. The smallest absolute Gasteiger partial charge is 0.252 e. The molecule has 3 rings (SSSR count). The molecule has 2 aliphatic rings. The maximum Gasteiger partial charge on any atom is 0.252 e. The van der Waals surface area contributed by atoms with Gasteiger partial charge >= 0.3 is 0 Å². The average Bonchev–Trinajstić information content (AvgIpc) is 3.10. The summed E-state index contributed by atoms with van der Waals surface area (Å²) < 4.78 is 38.4. The minimum Gasteiger partial charge on any atom is -0.497 e. The van der Waals surface area contributed by atoms with Crippen molar-refractivity contribution in [2.24, 2.45) is 17.3 Å². The second kappa shape index (κ2) is 11.8. The van der Waals surface area contributed by atoms with E-state index in [1.54, 1.807) is 45.0 Å². The predicted octanol–water partition coefficient (Wildman–Crippen LogP) is 3.68. The average molecular weight is 536 g/mol. The highest BCUT2D eigenvalue weighted by atomic mass is 32.2. The third-order valence-corrected chi connectivity index (χ3v) is 10.7. The summed E-state index contributed by atoms with van der Waals surface area (Å²) in [5.74, 6) is 1.31. The Morgan fingerprint density at radius 2 is 1.78 bits per heavy atom. The van der Waals surface area contributed by atoms with Crippen LogP contribution in [0.25, 0.3) is 0 Å². The Morgan fingerprint density at radius 1 is 1.16 bits per heavy atom. The van der Waals surface area contributed by atoms with Crippen molar-refractivity contribution in [1.82, 2.24) is 14.1 Å². The van der Waals surface area contributed by atoms with Crippen molar-refractivity contribution in [2.45, 2.75) is 51.9 Å². The first kappa shape index (κ1) is 29.6. The summed E-state index contributed by atoms with van der Waals surface area (Å²) >= 11 is 0. The van der Waals surface area contributed by atoms with Crippen molar-refractivity contribution in [3.8, 4) is 5.75 Å². The number of hydrogen-bond acceptors (Lipinski definition) is 6. The maximum atomic E-state index is 13.2. The number of nitrogens with zero attached hydrogens (tertiary/aromatic N) is 3. The summed E-state index contributed by atoms with van der Waals surface area (Å²) in [5, 5.41) is 0. The van der Waals surface area contributed by atoms with Crippen LogP contribution in [0.5, 0.6) is 5.75 Å². The lowest BCUT2D eigenvalue weighted by molar-refractivity contribution is -0.133. The van der Waals surface area contributed by atoms with Crippen LogP contribution in [-0.4, -0.2) is 89.0 Å². The molecule has 208 valence electrons. The number of carbonyl (C=O) groups excluding carboxylic acids is 1. The van der Waals surface area contributed by atoms with Crippen molar-refractivity contribution in [1.29, 1.82) is 0 Å². The van der Waals surface area contributed by atoms with Gasteiger partial charge < -0.3 is 19.3 Å². The number of likely N-dealkylation sites (tertiary alicyclic amines) is 1. The van der Waals surface area contributed by atoms with E-state index in [9.17, 15) is 13.2 Å². The van der Waals surface area contributed by atoms with Gasteiger partial charge in [-0.15, -0.1) is 0 Å². The molecule has 1 aliphatic carbocycles. The molecule has 0 bridgehead atoms. The largest absolute Gasteiger partial charge is 0.497 e. The fraction of sp³-hybridized carbons (Fsp3) is 0.679. The number of methoxy groups -OCH3 is 1. The van der Waals surface area contributed by atoms with Crippen LogP contribution in [0.15, 0.2) is 29.3 Å². The Morgan fingerprint density at radius 3 is 2.32 bits per heavy atom. The second-order valence-electron chi connectivity index (χ2n) is 11.2. The number of amides is 1. The van der Waals surface area contributed by atoms with Gasteiger partial charge in [0.25, 0.3) is 5.91 Å². The number of hydrogen-bond donors (Lipinski definition) is 0. The van der Waals surface area contributed by atoms with Gasteiger partial charge in [0, 0.05) is 38.8 Å². The van der Waals surface area contributed by atoms with E-state index in [1.807, 2.05) is 0 Å². The maximum absolute atomic E-state index is 13.2. The van der Waals surface area contributed by atoms with Crippen LogP contribution in [-0.2, 0) is 19.6 Å². The van der Waals surface area contributed by atoms with Gasteiger partial charge in [0.2, 0.25) is 10.0 Å². The molecule has 0 aromatic heterocycles. The molecule has 0 N–H and O–H groups in total. The quantitative estimate of drug-likeness (QED) is 0.380. The van der Waals surface area contributed by atoms with E-state index in [1.165, 1.54) is 30.9 Å². The molecule has 1 saturated heterocycles. The lowest BCUT2D eigenvalue weighted by atomic mass is 9.73. The molecule has 37 heavy (non-hydrogen) atoms. The van der Waals surface area contributed by atoms with E-state index in [0.29, 0.717) is 22.8 Å². The highest BCUT2D eigenvalue weighted by molar-refractivity contribution is 7.89. The van der Waals surface area contributed by atoms with Crippen molar-refractivity contribution in [3.63, 3.8) is 0 Å². The summed E-state index contributed by atoms with van der Waals surface area (Å²) in [6.45, 7) is 16.1. The van der Waals surface area contributed by atoms with Crippen LogP contribution >= 0.6 is 0 Å². The SMILES string of the molecule is C=C([C@H]1CC[C@H](CN2CCC2)C1(C)C)N(C)C(=O)COCCN(C)S(=O)(=O)c1c(C)cc(OC)cc1C. The molecule has 1 heterocycles. The molecule has 9 heteroatoms. The number of likely N-dealkylation sites (N-methyl/N-ethyl adjacent to an activating group) is 2. The fourth-order valence-electron chi connectivity index (χ4n) is 5.75. The predicted molar refractivity (Wildman–Crippen MR) is 146 cm³/mol. The highest BCUT2D eigenvalue weighted by Crippen LogP contribution is 2.51. The number of allylic oxidation sites excluding steroid dienone is 1. The van der Waals surface area contributed by atoms with Gasteiger partial charge in [-0.1, -0.05) is 20.4 Å². The van der Waals surface area contributed by atoms with E-state index in [4.69, 9.17) is 9.47 Å². The Kier molecular flexibility index (Phi) is 9.48. The first-order valence-corrected chi connectivity index (χ1v) is 14.6. The summed E-state index contributed by atoms with van der Waals surface area (Å²) in [5.41, 5.74) is 2.18. The summed E-state index contributed by atoms with van der Waals surface area (Å²) in [6, 6.07) is 3.43. The van der Waals surface area contributed by atoms with E-state index in [-0.39, 0.29) is 41.9 Å². The zero-order valence-corrected chi connectivity index (χ0v) is 24.5. The molecule has 0 unspecified atom stereocenters. The molecule has 0 radical (unpaired) electrons. The van der Waals surface area contributed by atoms with Crippen LogP contribution in [0, 0.1) is 31.1 Å². The number of rotatable bonds is 12. The molecule has 1 aromatic rings. The molecule has 2 fully saturated rings. The minimum atomic E-state index is -3.71. The summed E-state index contributed by atoms with van der Waals surface area (Å²) in [6.07, 6.45) is 3.48. The Bertz CT molecular complexity index is 1070. The summed E-state index contributed by atoms with van der Waals surface area (Å²) in [7, 11) is 1.14. The Balaban J connectivity index is 1.50. The number of aryl methyl sites for hydroxylation is 2. The highest BCUT2D eigenvalue weighted by Gasteiger charge is 2.46. The Hall–Kier alpha value is -1.94. The van der Waals surface area contributed by atoms with Crippen LogP contribution in [0.2, 0.25) is 0 Å². The van der Waals surface area contributed by atoms with Crippen molar-refractivity contribution < 1.29 is 22.7 Å². The third kappa shape index (κ3) is 6.38. The first-order chi connectivity index (χ1) is 17.3. The molecular weight excluding hydrogens is 490 g/mol. The number of benzene rings is 1. The molecule has 2 atom stereocenters. The van der Waals surface area contributed by atoms with Crippen LogP contribution in [0.4, 0.5) is 0 Å². The molecule has 1 amide bonds. The van der Waals surface area contributed by atoms with Crippen LogP contribution in [0.1, 0.15) is 44.2 Å². The number of sulfonamides is 1.